The van der Waals surface area contributed by atoms with Crippen LogP contribution in [0.5, 0.6) is 0 Å². The van der Waals surface area contributed by atoms with Crippen molar-refractivity contribution in [1.82, 2.24) is 4.98 Å². The minimum Gasteiger partial charge on any atom is -0.423 e. The minimum absolute atomic E-state index is 0.437. The Morgan fingerprint density at radius 3 is 2.72 bits per heavy atom. The van der Waals surface area contributed by atoms with Crippen LogP contribution in [-0.4, -0.2) is 18.1 Å². The molecule has 0 spiro atoms. The average molecular weight is 245 g/mol. The van der Waals surface area contributed by atoms with E-state index in [0.29, 0.717) is 11.1 Å². The molecule has 2 N–H and O–H groups in total. The Balaban J connectivity index is 1.87. The molecule has 0 aliphatic carbocycles. The molecule has 0 unspecified atom stereocenters. The van der Waals surface area contributed by atoms with Gasteiger partial charge >= 0.3 is 0 Å². The van der Waals surface area contributed by atoms with Crippen molar-refractivity contribution in [3.8, 4) is 0 Å². The number of piperidine rings is 1. The lowest BCUT2D eigenvalue weighted by Gasteiger charge is -2.35. The Morgan fingerprint density at radius 2 is 2.00 bits per heavy atom. The lowest BCUT2D eigenvalue weighted by atomic mass is 9.83. The standard InChI is InChI=1S/C14H19N3O/c1-14(2)5-7-17(8-6-14)13-16-11-4-3-10(15)9-12(11)18-13/h3-4,9H,5-8,15H2,1-2H3. The van der Waals surface area contributed by atoms with Gasteiger partial charge in [0.25, 0.3) is 6.01 Å². The van der Waals surface area contributed by atoms with Crippen LogP contribution in [0.25, 0.3) is 11.1 Å². The molecule has 0 amide bonds. The first-order valence-corrected chi connectivity index (χ1v) is 6.45. The molecule has 4 nitrogen and oxygen atoms in total. The average Bonchev–Trinajstić information content (AvgIpc) is 2.71. The quantitative estimate of drug-likeness (QED) is 0.785. The molecule has 3 rings (SSSR count). The number of anilines is 2. The molecule has 2 heterocycles. The highest BCUT2D eigenvalue weighted by Gasteiger charge is 2.27. The maximum Gasteiger partial charge on any atom is 0.298 e. The van der Waals surface area contributed by atoms with Gasteiger partial charge in [0.1, 0.15) is 5.52 Å². The van der Waals surface area contributed by atoms with Crippen molar-refractivity contribution < 1.29 is 4.42 Å². The number of hydrogen-bond acceptors (Lipinski definition) is 4. The van der Waals surface area contributed by atoms with Crippen LogP contribution in [0, 0.1) is 5.41 Å². The molecule has 1 saturated heterocycles. The predicted molar refractivity (Wildman–Crippen MR) is 73.6 cm³/mol. The van der Waals surface area contributed by atoms with Crippen molar-refractivity contribution >= 4 is 22.8 Å². The number of nitrogens with two attached hydrogens (primary N) is 1. The Morgan fingerprint density at radius 1 is 1.28 bits per heavy atom. The highest BCUT2D eigenvalue weighted by atomic mass is 16.4. The third kappa shape index (κ3) is 2.03. The molecule has 0 bridgehead atoms. The number of rotatable bonds is 1. The summed E-state index contributed by atoms with van der Waals surface area (Å²) in [7, 11) is 0. The summed E-state index contributed by atoms with van der Waals surface area (Å²) in [5, 5.41) is 0. The number of nitrogen functional groups attached to an aromatic ring is 1. The first-order valence-electron chi connectivity index (χ1n) is 6.45. The van der Waals surface area contributed by atoms with Crippen LogP contribution in [0.2, 0.25) is 0 Å². The number of oxazole rings is 1. The van der Waals surface area contributed by atoms with Crippen molar-refractivity contribution in [2.24, 2.45) is 5.41 Å². The second-order valence-corrected chi connectivity index (χ2v) is 5.87. The smallest absolute Gasteiger partial charge is 0.298 e. The van der Waals surface area contributed by atoms with Gasteiger partial charge in [0.05, 0.1) is 0 Å². The van der Waals surface area contributed by atoms with Gasteiger partial charge in [-0.15, -0.1) is 0 Å². The molecule has 2 aromatic rings. The van der Waals surface area contributed by atoms with E-state index >= 15 is 0 Å². The van der Waals surface area contributed by atoms with E-state index in [0.717, 1.165) is 30.2 Å². The number of benzene rings is 1. The van der Waals surface area contributed by atoms with E-state index in [2.05, 4.69) is 23.7 Å². The summed E-state index contributed by atoms with van der Waals surface area (Å²) in [5.74, 6) is 0. The van der Waals surface area contributed by atoms with Crippen molar-refractivity contribution in [2.75, 3.05) is 23.7 Å². The van der Waals surface area contributed by atoms with Gasteiger partial charge in [0, 0.05) is 24.8 Å². The van der Waals surface area contributed by atoms with Gasteiger partial charge in [-0.25, -0.2) is 0 Å². The molecular weight excluding hydrogens is 226 g/mol. The van der Waals surface area contributed by atoms with E-state index < -0.39 is 0 Å². The zero-order valence-corrected chi connectivity index (χ0v) is 10.9. The first kappa shape index (κ1) is 11.4. The summed E-state index contributed by atoms with van der Waals surface area (Å²) < 4.78 is 5.79. The van der Waals surface area contributed by atoms with Crippen LogP contribution >= 0.6 is 0 Å². The van der Waals surface area contributed by atoms with E-state index in [9.17, 15) is 0 Å². The third-order valence-corrected chi connectivity index (χ3v) is 3.79. The van der Waals surface area contributed by atoms with Crippen molar-refractivity contribution in [3.05, 3.63) is 18.2 Å². The van der Waals surface area contributed by atoms with E-state index in [-0.39, 0.29) is 0 Å². The van der Waals surface area contributed by atoms with Crippen molar-refractivity contribution in [3.63, 3.8) is 0 Å². The summed E-state index contributed by atoms with van der Waals surface area (Å²) in [4.78, 5) is 6.75. The fourth-order valence-electron chi connectivity index (χ4n) is 2.37. The largest absolute Gasteiger partial charge is 0.423 e. The molecule has 0 saturated carbocycles. The first-order chi connectivity index (χ1) is 8.53. The van der Waals surface area contributed by atoms with Crippen LogP contribution in [-0.2, 0) is 0 Å². The van der Waals surface area contributed by atoms with E-state index in [1.807, 2.05) is 18.2 Å². The number of hydrogen-bond donors (Lipinski definition) is 1. The lowest BCUT2D eigenvalue weighted by molar-refractivity contribution is 0.274. The van der Waals surface area contributed by atoms with Crippen LogP contribution < -0.4 is 10.6 Å². The summed E-state index contributed by atoms with van der Waals surface area (Å²) in [6.45, 7) is 6.65. The van der Waals surface area contributed by atoms with Crippen molar-refractivity contribution in [2.45, 2.75) is 26.7 Å². The predicted octanol–water partition coefficient (Wildman–Crippen LogP) is 3.04. The summed E-state index contributed by atoms with van der Waals surface area (Å²) in [5.41, 5.74) is 8.55. The SMILES string of the molecule is CC1(C)CCN(c2nc3ccc(N)cc3o2)CC1. The fourth-order valence-corrected chi connectivity index (χ4v) is 2.37. The normalized spacial score (nSPS) is 19.3. The number of nitrogens with zero attached hydrogens (tertiary/aromatic N) is 2. The van der Waals surface area contributed by atoms with Crippen LogP contribution in [0.1, 0.15) is 26.7 Å². The monoisotopic (exact) mass is 245 g/mol. The summed E-state index contributed by atoms with van der Waals surface area (Å²) in [6.07, 6.45) is 2.35. The molecule has 0 atom stereocenters. The Kier molecular flexibility index (Phi) is 2.47. The zero-order chi connectivity index (χ0) is 12.8. The van der Waals surface area contributed by atoms with Gasteiger partial charge in [0.15, 0.2) is 5.58 Å². The van der Waals surface area contributed by atoms with Crippen LogP contribution in [0.3, 0.4) is 0 Å². The summed E-state index contributed by atoms with van der Waals surface area (Å²) >= 11 is 0. The van der Waals surface area contributed by atoms with Crippen molar-refractivity contribution in [1.29, 1.82) is 0 Å². The fraction of sp³-hybridized carbons (Fsp3) is 0.500. The minimum atomic E-state index is 0.437. The van der Waals surface area contributed by atoms with E-state index in [1.165, 1.54) is 12.8 Å². The molecule has 1 aliphatic rings. The maximum atomic E-state index is 5.79. The second kappa shape index (κ2) is 3.90. The highest BCUT2D eigenvalue weighted by molar-refractivity contribution is 5.78. The molecule has 96 valence electrons. The molecule has 1 aromatic heterocycles. The highest BCUT2D eigenvalue weighted by Crippen LogP contribution is 2.33. The Hall–Kier alpha value is -1.71. The van der Waals surface area contributed by atoms with Gasteiger partial charge in [-0.2, -0.15) is 4.98 Å². The van der Waals surface area contributed by atoms with E-state index in [1.54, 1.807) is 0 Å². The number of aromatic nitrogens is 1. The topological polar surface area (TPSA) is 55.3 Å². The molecule has 0 radical (unpaired) electrons. The molecule has 1 aliphatic heterocycles. The van der Waals surface area contributed by atoms with Gasteiger partial charge < -0.3 is 15.1 Å². The Bertz CT molecular complexity index is 563. The van der Waals surface area contributed by atoms with Gasteiger partial charge in [-0.05, 0) is 30.4 Å². The maximum absolute atomic E-state index is 5.79. The van der Waals surface area contributed by atoms with Gasteiger partial charge in [0.2, 0.25) is 0 Å². The molecule has 1 fully saturated rings. The zero-order valence-electron chi connectivity index (χ0n) is 10.9. The second-order valence-electron chi connectivity index (χ2n) is 5.87. The molecular formula is C14H19N3O. The van der Waals surface area contributed by atoms with Gasteiger partial charge in [-0.1, -0.05) is 13.8 Å². The van der Waals surface area contributed by atoms with Crippen LogP contribution in [0.4, 0.5) is 11.7 Å². The van der Waals surface area contributed by atoms with E-state index in [4.69, 9.17) is 10.2 Å². The van der Waals surface area contributed by atoms with Crippen LogP contribution in [0.15, 0.2) is 22.6 Å². The Labute approximate surface area is 107 Å². The molecule has 4 heteroatoms. The summed E-state index contributed by atoms with van der Waals surface area (Å²) in [6, 6.07) is 6.32. The third-order valence-electron chi connectivity index (χ3n) is 3.79. The lowest BCUT2D eigenvalue weighted by Crippen LogP contribution is -2.37. The molecule has 18 heavy (non-hydrogen) atoms. The van der Waals surface area contributed by atoms with Gasteiger partial charge in [-0.3, -0.25) is 0 Å². The molecule has 1 aromatic carbocycles. The number of fused-ring (bicyclic) bond motifs is 1.